The molecule has 10 heteroatoms. The van der Waals surface area contributed by atoms with Crippen LogP contribution in [0.5, 0.6) is 5.75 Å². The molecule has 0 fully saturated rings. The molecular formula is C25H24N4O5S. The van der Waals surface area contributed by atoms with Gasteiger partial charge in [0.15, 0.2) is 10.8 Å². The van der Waals surface area contributed by atoms with Crippen LogP contribution in [0.2, 0.25) is 0 Å². The second-order valence-electron chi connectivity index (χ2n) is 7.65. The van der Waals surface area contributed by atoms with Gasteiger partial charge in [-0.2, -0.15) is 5.10 Å². The third-order valence-corrected chi connectivity index (χ3v) is 6.09. The molecule has 9 nitrogen and oxygen atoms in total. The van der Waals surface area contributed by atoms with Crippen LogP contribution in [-0.2, 0) is 22.7 Å². The van der Waals surface area contributed by atoms with Crippen molar-refractivity contribution >= 4 is 44.8 Å². The van der Waals surface area contributed by atoms with Gasteiger partial charge in [-0.25, -0.2) is 14.5 Å². The second-order valence-corrected chi connectivity index (χ2v) is 8.48. The Balaban J connectivity index is 1.58. The van der Waals surface area contributed by atoms with E-state index < -0.39 is 5.97 Å². The Morgan fingerprint density at radius 3 is 2.51 bits per heavy atom. The lowest BCUT2D eigenvalue weighted by atomic mass is 10.1. The van der Waals surface area contributed by atoms with Gasteiger partial charge < -0.3 is 9.47 Å². The normalized spacial score (nSPS) is 10.8. The minimum absolute atomic E-state index is 0.0727. The number of fused-ring (bicyclic) bond motifs is 1. The Morgan fingerprint density at radius 1 is 1.09 bits per heavy atom. The van der Waals surface area contributed by atoms with Gasteiger partial charge in [-0.3, -0.25) is 14.5 Å². The monoisotopic (exact) mass is 492 g/mol. The van der Waals surface area contributed by atoms with Crippen LogP contribution >= 0.6 is 11.3 Å². The minimum atomic E-state index is -0.659. The van der Waals surface area contributed by atoms with Crippen LogP contribution in [-0.4, -0.2) is 33.8 Å². The first kappa shape index (κ1) is 24.1. The molecule has 0 bridgehead atoms. The molecule has 0 unspecified atom stereocenters. The summed E-state index contributed by atoms with van der Waals surface area (Å²) < 4.78 is 12.2. The predicted molar refractivity (Wildman–Crippen MR) is 133 cm³/mol. The van der Waals surface area contributed by atoms with E-state index in [2.05, 4.69) is 10.1 Å². The number of methoxy groups -OCH3 is 1. The predicted octanol–water partition coefficient (Wildman–Crippen LogP) is 4.31. The van der Waals surface area contributed by atoms with E-state index in [0.29, 0.717) is 46.0 Å². The summed E-state index contributed by atoms with van der Waals surface area (Å²) in [6.07, 6.45) is 0.695. The van der Waals surface area contributed by atoms with E-state index in [0.717, 1.165) is 0 Å². The van der Waals surface area contributed by atoms with Crippen LogP contribution < -0.4 is 15.2 Å². The van der Waals surface area contributed by atoms with Crippen LogP contribution in [0.25, 0.3) is 10.8 Å². The fraction of sp³-hybridized carbons (Fsp3) is 0.240. The highest BCUT2D eigenvalue weighted by atomic mass is 32.1. The highest BCUT2D eigenvalue weighted by Gasteiger charge is 2.22. The third-order valence-electron chi connectivity index (χ3n) is 5.22. The van der Waals surface area contributed by atoms with Crippen molar-refractivity contribution in [2.24, 2.45) is 0 Å². The van der Waals surface area contributed by atoms with Crippen molar-refractivity contribution in [2.45, 2.75) is 33.4 Å². The fourth-order valence-electron chi connectivity index (χ4n) is 3.64. The molecule has 0 radical (unpaired) electrons. The van der Waals surface area contributed by atoms with E-state index in [9.17, 15) is 14.4 Å². The minimum Gasteiger partial charge on any atom is -0.495 e. The van der Waals surface area contributed by atoms with Gasteiger partial charge in [0.25, 0.3) is 5.56 Å². The van der Waals surface area contributed by atoms with E-state index in [1.807, 2.05) is 13.0 Å². The van der Waals surface area contributed by atoms with Gasteiger partial charge in [-0.15, -0.1) is 11.3 Å². The van der Waals surface area contributed by atoms with Crippen molar-refractivity contribution in [2.75, 3.05) is 12.0 Å². The van der Waals surface area contributed by atoms with Gasteiger partial charge in [-0.1, -0.05) is 37.3 Å². The summed E-state index contributed by atoms with van der Waals surface area (Å²) in [7, 11) is 1.53. The van der Waals surface area contributed by atoms with Gasteiger partial charge in [0.2, 0.25) is 5.91 Å². The SMILES string of the molecule is CCCn1nc(C(=O)OCc2csc(N(C(C)=O)c3ccccc3OC)n2)c2ccccc2c1=O. The zero-order valence-corrected chi connectivity index (χ0v) is 20.4. The standard InChI is InChI=1S/C25H24N4O5S/c1-4-13-28-23(31)19-10-6-5-9-18(19)22(27-28)24(32)34-14-17-15-35-25(26-17)29(16(2)30)20-11-7-8-12-21(20)33-3/h5-12,15H,4,13-14H2,1-3H3. The summed E-state index contributed by atoms with van der Waals surface area (Å²) in [6, 6.07) is 14.0. The van der Waals surface area contributed by atoms with Crippen molar-refractivity contribution in [1.29, 1.82) is 0 Å². The Kier molecular flexibility index (Phi) is 7.21. The molecule has 0 atom stereocenters. The lowest BCUT2D eigenvalue weighted by Crippen LogP contribution is -2.26. The van der Waals surface area contributed by atoms with Gasteiger partial charge in [0, 0.05) is 24.2 Å². The number of rotatable bonds is 8. The van der Waals surface area contributed by atoms with Gasteiger partial charge >= 0.3 is 5.97 Å². The summed E-state index contributed by atoms with van der Waals surface area (Å²) in [6.45, 7) is 3.64. The molecule has 0 aliphatic rings. The first-order valence-corrected chi connectivity index (χ1v) is 11.9. The molecule has 35 heavy (non-hydrogen) atoms. The van der Waals surface area contributed by atoms with Gasteiger partial charge in [0.1, 0.15) is 12.4 Å². The van der Waals surface area contributed by atoms with Crippen LogP contribution in [0, 0.1) is 0 Å². The van der Waals surface area contributed by atoms with Crippen molar-refractivity contribution in [3.8, 4) is 5.75 Å². The van der Waals surface area contributed by atoms with Crippen LogP contribution in [0.4, 0.5) is 10.8 Å². The van der Waals surface area contributed by atoms with Crippen molar-refractivity contribution in [1.82, 2.24) is 14.8 Å². The number of esters is 1. The number of carbonyl (C=O) groups excluding carboxylic acids is 2. The Hall–Kier alpha value is -4.05. The Morgan fingerprint density at radius 2 is 1.80 bits per heavy atom. The van der Waals surface area contributed by atoms with E-state index in [4.69, 9.17) is 9.47 Å². The van der Waals surface area contributed by atoms with Crippen LogP contribution in [0.15, 0.2) is 58.7 Å². The fourth-order valence-corrected chi connectivity index (χ4v) is 4.51. The molecule has 0 spiro atoms. The van der Waals surface area contributed by atoms with Crippen LogP contribution in [0.3, 0.4) is 0 Å². The first-order valence-electron chi connectivity index (χ1n) is 11.0. The maximum Gasteiger partial charge on any atom is 0.359 e. The number of para-hydroxylation sites is 2. The molecule has 0 saturated carbocycles. The zero-order chi connectivity index (χ0) is 24.9. The van der Waals surface area contributed by atoms with E-state index in [1.165, 1.54) is 35.0 Å². The molecule has 0 N–H and O–H groups in total. The maximum atomic E-state index is 12.9. The molecule has 4 aromatic rings. The average Bonchev–Trinajstić information content (AvgIpc) is 3.33. The third kappa shape index (κ3) is 4.92. The Bertz CT molecular complexity index is 1450. The molecule has 4 rings (SSSR count). The first-order chi connectivity index (χ1) is 16.9. The number of benzene rings is 2. The van der Waals surface area contributed by atoms with E-state index in [-0.39, 0.29) is 23.8 Å². The largest absolute Gasteiger partial charge is 0.495 e. The van der Waals surface area contributed by atoms with Crippen molar-refractivity contribution in [3.63, 3.8) is 0 Å². The smallest absolute Gasteiger partial charge is 0.359 e. The molecule has 2 heterocycles. The molecular weight excluding hydrogens is 468 g/mol. The molecule has 0 aliphatic heterocycles. The van der Waals surface area contributed by atoms with Gasteiger partial charge in [0.05, 0.1) is 23.9 Å². The number of hydrogen-bond acceptors (Lipinski definition) is 8. The summed E-state index contributed by atoms with van der Waals surface area (Å²) in [5.74, 6) is -0.360. The summed E-state index contributed by atoms with van der Waals surface area (Å²) in [4.78, 5) is 44.0. The number of aryl methyl sites for hydroxylation is 1. The number of thiazole rings is 1. The quantitative estimate of drug-likeness (QED) is 0.338. The second kappa shape index (κ2) is 10.5. The summed E-state index contributed by atoms with van der Waals surface area (Å²) >= 11 is 1.25. The Labute approximate surface area is 205 Å². The lowest BCUT2D eigenvalue weighted by molar-refractivity contribution is -0.115. The number of amides is 1. The molecule has 0 aliphatic carbocycles. The number of anilines is 2. The summed E-state index contributed by atoms with van der Waals surface area (Å²) in [5, 5.41) is 7.25. The maximum absolute atomic E-state index is 12.9. The van der Waals surface area contributed by atoms with E-state index >= 15 is 0 Å². The number of hydrogen-bond donors (Lipinski definition) is 0. The van der Waals surface area contributed by atoms with Crippen molar-refractivity contribution in [3.05, 3.63) is 75.7 Å². The number of ether oxygens (including phenoxy) is 2. The number of aromatic nitrogens is 3. The molecule has 2 aromatic heterocycles. The lowest BCUT2D eigenvalue weighted by Gasteiger charge is -2.20. The molecule has 2 aromatic carbocycles. The number of nitrogens with zero attached hydrogens (tertiary/aromatic N) is 4. The molecule has 180 valence electrons. The zero-order valence-electron chi connectivity index (χ0n) is 19.6. The van der Waals surface area contributed by atoms with E-state index in [1.54, 1.807) is 47.8 Å². The number of carbonyl (C=O) groups is 2. The molecule has 0 saturated heterocycles. The highest BCUT2D eigenvalue weighted by Crippen LogP contribution is 2.35. The molecule has 1 amide bonds. The highest BCUT2D eigenvalue weighted by molar-refractivity contribution is 7.14. The van der Waals surface area contributed by atoms with Gasteiger partial charge in [-0.05, 0) is 24.6 Å². The van der Waals surface area contributed by atoms with Crippen LogP contribution in [0.1, 0.15) is 36.5 Å². The van der Waals surface area contributed by atoms with Crippen molar-refractivity contribution < 1.29 is 19.1 Å². The topological polar surface area (TPSA) is 104 Å². The summed E-state index contributed by atoms with van der Waals surface area (Å²) in [5.41, 5.74) is 0.868. The average molecular weight is 493 g/mol.